The molecule has 4 aromatic rings. The summed E-state index contributed by atoms with van der Waals surface area (Å²) in [5.41, 5.74) is 1.61. The van der Waals surface area contributed by atoms with Gasteiger partial charge in [0.1, 0.15) is 11.3 Å². The lowest BCUT2D eigenvalue weighted by atomic mass is 10.2. The highest BCUT2D eigenvalue weighted by molar-refractivity contribution is 7.98. The summed E-state index contributed by atoms with van der Waals surface area (Å²) in [7, 11) is 0. The van der Waals surface area contributed by atoms with E-state index in [4.69, 9.17) is 16.0 Å². The van der Waals surface area contributed by atoms with Gasteiger partial charge in [0.05, 0.1) is 0 Å². The Morgan fingerprint density at radius 3 is 2.60 bits per heavy atom. The maximum absolute atomic E-state index is 12.3. The normalized spacial score (nSPS) is 10.8. The summed E-state index contributed by atoms with van der Waals surface area (Å²) in [6.45, 7) is 0. The first kappa shape index (κ1) is 20.1. The van der Waals surface area contributed by atoms with Gasteiger partial charge in [0.2, 0.25) is 0 Å². The number of fused-ring (bicyclic) bond motifs is 1. The fourth-order valence-electron chi connectivity index (χ4n) is 2.87. The molecule has 0 fully saturated rings. The Morgan fingerprint density at radius 2 is 1.83 bits per heavy atom. The van der Waals surface area contributed by atoms with Crippen LogP contribution in [0.25, 0.3) is 11.0 Å². The minimum Gasteiger partial charge on any atom is -0.508 e. The summed E-state index contributed by atoms with van der Waals surface area (Å²) in [5.74, 6) is 0.251. The van der Waals surface area contributed by atoms with E-state index in [1.165, 1.54) is 17.8 Å². The predicted octanol–water partition coefficient (Wildman–Crippen LogP) is 5.70. The first-order valence-corrected chi connectivity index (χ1v) is 10.4. The van der Waals surface area contributed by atoms with E-state index in [1.807, 2.05) is 12.1 Å². The summed E-state index contributed by atoms with van der Waals surface area (Å²) in [6, 6.07) is 20.5. The van der Waals surface area contributed by atoms with Gasteiger partial charge in [0, 0.05) is 43.9 Å². The van der Waals surface area contributed by atoms with Crippen molar-refractivity contribution in [2.24, 2.45) is 0 Å². The largest absolute Gasteiger partial charge is 0.508 e. The molecule has 3 aromatic carbocycles. The summed E-state index contributed by atoms with van der Waals surface area (Å²) in [6.07, 6.45) is 0. The fourth-order valence-corrected chi connectivity index (χ4v) is 3.91. The Kier molecular flexibility index (Phi) is 5.79. The summed E-state index contributed by atoms with van der Waals surface area (Å²) in [5, 5.41) is 13.6. The average molecular weight is 438 g/mol. The summed E-state index contributed by atoms with van der Waals surface area (Å²) >= 11 is 7.41. The number of carbonyl (C=O) groups is 1. The third kappa shape index (κ3) is 4.67. The molecule has 1 aromatic heterocycles. The van der Waals surface area contributed by atoms with Crippen LogP contribution in [-0.2, 0) is 5.75 Å². The molecule has 150 valence electrons. The van der Waals surface area contributed by atoms with E-state index in [9.17, 15) is 14.7 Å². The monoisotopic (exact) mass is 437 g/mol. The SMILES string of the molecule is O=C(Nc1ccc(SCc2cc3ccc(O)cc3oc2=O)cc1)c1cccc(Cl)c1. The second kappa shape index (κ2) is 8.65. The van der Waals surface area contributed by atoms with Crippen LogP contribution in [0.4, 0.5) is 5.69 Å². The number of carbonyl (C=O) groups excluding carboxylic acids is 1. The van der Waals surface area contributed by atoms with Crippen LogP contribution in [0.3, 0.4) is 0 Å². The van der Waals surface area contributed by atoms with Crippen molar-refractivity contribution in [3.05, 3.63) is 99.4 Å². The molecule has 1 heterocycles. The van der Waals surface area contributed by atoms with Gasteiger partial charge in [-0.15, -0.1) is 11.8 Å². The zero-order chi connectivity index (χ0) is 21.1. The lowest BCUT2D eigenvalue weighted by Crippen LogP contribution is -2.11. The van der Waals surface area contributed by atoms with Crippen LogP contribution in [0.5, 0.6) is 5.75 Å². The highest BCUT2D eigenvalue weighted by atomic mass is 35.5. The van der Waals surface area contributed by atoms with E-state index in [0.717, 1.165) is 10.3 Å². The average Bonchev–Trinajstić information content (AvgIpc) is 2.73. The van der Waals surface area contributed by atoms with E-state index >= 15 is 0 Å². The van der Waals surface area contributed by atoms with Crippen molar-refractivity contribution in [1.82, 2.24) is 0 Å². The molecule has 0 spiro atoms. The van der Waals surface area contributed by atoms with Crippen molar-refractivity contribution >= 4 is 45.9 Å². The highest BCUT2D eigenvalue weighted by Gasteiger charge is 2.09. The molecule has 0 bridgehead atoms. The standard InChI is InChI=1S/C23H16ClNO4S/c24-17-3-1-2-15(11-17)22(27)25-18-5-8-20(9-6-18)30-13-16-10-14-4-7-19(26)12-21(14)29-23(16)28/h1-12,26H,13H2,(H,25,27). The van der Waals surface area contributed by atoms with Crippen LogP contribution in [0.1, 0.15) is 15.9 Å². The minimum absolute atomic E-state index is 0.0512. The van der Waals surface area contributed by atoms with Crippen molar-refractivity contribution in [1.29, 1.82) is 0 Å². The fraction of sp³-hybridized carbons (Fsp3) is 0.0435. The zero-order valence-corrected chi connectivity index (χ0v) is 17.2. The quantitative estimate of drug-likeness (QED) is 0.309. The van der Waals surface area contributed by atoms with Gasteiger partial charge in [-0.3, -0.25) is 4.79 Å². The molecule has 2 N–H and O–H groups in total. The third-order valence-electron chi connectivity index (χ3n) is 4.39. The number of aromatic hydroxyl groups is 1. The van der Waals surface area contributed by atoms with Crippen molar-refractivity contribution in [2.45, 2.75) is 10.6 Å². The number of phenols is 1. The Labute approximate surface area is 181 Å². The maximum Gasteiger partial charge on any atom is 0.340 e. The second-order valence-corrected chi connectivity index (χ2v) is 8.04. The topological polar surface area (TPSA) is 79.5 Å². The minimum atomic E-state index is -0.425. The van der Waals surface area contributed by atoms with Gasteiger partial charge in [-0.2, -0.15) is 0 Å². The van der Waals surface area contributed by atoms with Crippen molar-refractivity contribution < 1.29 is 14.3 Å². The van der Waals surface area contributed by atoms with E-state index in [2.05, 4.69) is 5.32 Å². The maximum atomic E-state index is 12.3. The number of anilines is 1. The molecule has 0 saturated heterocycles. The molecule has 0 aliphatic heterocycles. The number of phenolic OH excluding ortho intramolecular Hbond substituents is 1. The van der Waals surface area contributed by atoms with Crippen LogP contribution in [-0.4, -0.2) is 11.0 Å². The predicted molar refractivity (Wildman–Crippen MR) is 120 cm³/mol. The van der Waals surface area contributed by atoms with E-state index in [1.54, 1.807) is 54.6 Å². The zero-order valence-electron chi connectivity index (χ0n) is 15.6. The van der Waals surface area contributed by atoms with Gasteiger partial charge in [-0.25, -0.2) is 4.79 Å². The molecule has 0 atom stereocenters. The Hall–Kier alpha value is -3.22. The molecular formula is C23H16ClNO4S. The number of hydrogen-bond acceptors (Lipinski definition) is 5. The van der Waals surface area contributed by atoms with Crippen LogP contribution in [0.2, 0.25) is 5.02 Å². The molecule has 5 nitrogen and oxygen atoms in total. The Morgan fingerprint density at radius 1 is 1.03 bits per heavy atom. The molecule has 0 aliphatic rings. The lowest BCUT2D eigenvalue weighted by molar-refractivity contribution is 0.102. The van der Waals surface area contributed by atoms with Crippen molar-refractivity contribution in [2.75, 3.05) is 5.32 Å². The van der Waals surface area contributed by atoms with Crippen LogP contribution in [0, 0.1) is 0 Å². The molecule has 30 heavy (non-hydrogen) atoms. The number of benzene rings is 3. The van der Waals surface area contributed by atoms with Crippen molar-refractivity contribution in [3.8, 4) is 5.75 Å². The Balaban J connectivity index is 1.42. The van der Waals surface area contributed by atoms with Crippen LogP contribution >= 0.6 is 23.4 Å². The molecule has 7 heteroatoms. The first-order valence-electron chi connectivity index (χ1n) is 9.03. The number of rotatable bonds is 5. The highest BCUT2D eigenvalue weighted by Crippen LogP contribution is 2.26. The van der Waals surface area contributed by atoms with E-state index in [-0.39, 0.29) is 11.7 Å². The summed E-state index contributed by atoms with van der Waals surface area (Å²) < 4.78 is 5.29. The van der Waals surface area contributed by atoms with E-state index < -0.39 is 5.63 Å². The molecule has 4 rings (SSSR count). The van der Waals surface area contributed by atoms with Gasteiger partial charge in [0.25, 0.3) is 5.91 Å². The Bertz CT molecular complexity index is 1280. The van der Waals surface area contributed by atoms with Gasteiger partial charge < -0.3 is 14.8 Å². The molecule has 0 aliphatic carbocycles. The van der Waals surface area contributed by atoms with Crippen LogP contribution < -0.4 is 10.9 Å². The molecule has 0 saturated carbocycles. The number of nitrogens with one attached hydrogen (secondary N) is 1. The van der Waals surface area contributed by atoms with Crippen LogP contribution in [0.15, 0.2) is 86.9 Å². The molecule has 0 unspecified atom stereocenters. The number of halogens is 1. The molecule has 0 radical (unpaired) electrons. The smallest absolute Gasteiger partial charge is 0.340 e. The number of amides is 1. The van der Waals surface area contributed by atoms with Gasteiger partial charge in [-0.05, 0) is 60.7 Å². The van der Waals surface area contributed by atoms with Gasteiger partial charge in [0.15, 0.2) is 0 Å². The first-order chi connectivity index (χ1) is 14.5. The molecular weight excluding hydrogens is 422 g/mol. The third-order valence-corrected chi connectivity index (χ3v) is 5.68. The number of thioether (sulfide) groups is 1. The number of hydrogen-bond donors (Lipinski definition) is 2. The van der Waals surface area contributed by atoms with E-state index in [0.29, 0.717) is 33.2 Å². The summed E-state index contributed by atoms with van der Waals surface area (Å²) in [4.78, 5) is 25.4. The lowest BCUT2D eigenvalue weighted by Gasteiger charge is -2.07. The second-order valence-electron chi connectivity index (χ2n) is 6.56. The van der Waals surface area contributed by atoms with Gasteiger partial charge in [-0.1, -0.05) is 17.7 Å². The van der Waals surface area contributed by atoms with Gasteiger partial charge >= 0.3 is 5.63 Å². The molecule has 1 amide bonds. The van der Waals surface area contributed by atoms with Crippen molar-refractivity contribution in [3.63, 3.8) is 0 Å².